The molecule has 0 radical (unpaired) electrons. The molecule has 1 saturated heterocycles. The summed E-state index contributed by atoms with van der Waals surface area (Å²) in [5.41, 5.74) is -0.667. The Kier molecular flexibility index (Phi) is 8.68. The number of halogens is 4. The van der Waals surface area contributed by atoms with Gasteiger partial charge in [0.15, 0.2) is 0 Å². The topological polar surface area (TPSA) is 61.4 Å². The Morgan fingerprint density at radius 1 is 1.32 bits per heavy atom. The maximum absolute atomic E-state index is 12.7. The fraction of sp³-hybridized carbons (Fsp3) is 0.588. The highest BCUT2D eigenvalue weighted by Gasteiger charge is 2.30. The van der Waals surface area contributed by atoms with Crippen LogP contribution in [0.25, 0.3) is 0 Å². The van der Waals surface area contributed by atoms with Crippen molar-refractivity contribution in [2.24, 2.45) is 5.92 Å². The average molecular weight is 381 g/mol. The molecule has 25 heavy (non-hydrogen) atoms. The molecule has 1 unspecified atom stereocenters. The molecule has 142 valence electrons. The molecule has 3 N–H and O–H groups in total. The van der Waals surface area contributed by atoms with Crippen molar-refractivity contribution in [2.75, 3.05) is 19.6 Å². The molecule has 0 aromatic heterocycles. The first-order chi connectivity index (χ1) is 11.4. The van der Waals surface area contributed by atoms with Crippen molar-refractivity contribution in [3.05, 3.63) is 35.4 Å². The van der Waals surface area contributed by atoms with Crippen LogP contribution in [0.4, 0.5) is 13.2 Å². The molecule has 0 spiro atoms. The Labute approximate surface area is 151 Å². The van der Waals surface area contributed by atoms with E-state index in [9.17, 15) is 23.1 Å². The van der Waals surface area contributed by atoms with Gasteiger partial charge in [0.05, 0.1) is 11.7 Å². The molecule has 1 aromatic carbocycles. The van der Waals surface area contributed by atoms with Crippen LogP contribution in [0.1, 0.15) is 42.9 Å². The highest BCUT2D eigenvalue weighted by atomic mass is 35.5. The predicted octanol–water partition coefficient (Wildman–Crippen LogP) is 3.06. The van der Waals surface area contributed by atoms with Gasteiger partial charge in [-0.3, -0.25) is 4.79 Å². The van der Waals surface area contributed by atoms with Gasteiger partial charge in [0.25, 0.3) is 0 Å². The molecule has 0 aliphatic carbocycles. The third-order valence-electron chi connectivity index (χ3n) is 4.33. The summed E-state index contributed by atoms with van der Waals surface area (Å²) in [6.45, 7) is 1.85. The summed E-state index contributed by atoms with van der Waals surface area (Å²) >= 11 is 0. The summed E-state index contributed by atoms with van der Waals surface area (Å²) < 4.78 is 38.0. The van der Waals surface area contributed by atoms with E-state index in [0.717, 1.165) is 44.5 Å². The number of carbonyl (C=O) groups excluding carboxylic acids is 1. The van der Waals surface area contributed by atoms with Gasteiger partial charge in [-0.1, -0.05) is 12.1 Å². The third-order valence-corrected chi connectivity index (χ3v) is 4.33. The second kappa shape index (κ2) is 9.99. The standard InChI is InChI=1S/C17H23F3N2O2.ClH/c18-17(19,20)14-3-1-2-13(10-14)15(23)11-22-16(24)5-4-12-6-8-21-9-7-12;/h1-3,10,12,15,21,23H,4-9,11H2,(H,22,24);1H. The van der Waals surface area contributed by atoms with Crippen LogP contribution in [-0.2, 0) is 11.0 Å². The van der Waals surface area contributed by atoms with Gasteiger partial charge in [-0.05, 0) is 56.0 Å². The van der Waals surface area contributed by atoms with Crippen molar-refractivity contribution < 1.29 is 23.1 Å². The lowest BCUT2D eigenvalue weighted by Crippen LogP contribution is -2.31. The summed E-state index contributed by atoms with van der Waals surface area (Å²) in [4.78, 5) is 11.8. The minimum atomic E-state index is -4.45. The van der Waals surface area contributed by atoms with Crippen molar-refractivity contribution in [3.63, 3.8) is 0 Å². The largest absolute Gasteiger partial charge is 0.416 e. The number of benzene rings is 1. The summed E-state index contributed by atoms with van der Waals surface area (Å²) in [7, 11) is 0. The van der Waals surface area contributed by atoms with E-state index in [-0.39, 0.29) is 30.4 Å². The van der Waals surface area contributed by atoms with E-state index in [0.29, 0.717) is 12.3 Å². The number of nitrogens with one attached hydrogen (secondary N) is 2. The number of carbonyl (C=O) groups is 1. The van der Waals surface area contributed by atoms with Gasteiger partial charge >= 0.3 is 6.18 Å². The molecule has 2 rings (SSSR count). The lowest BCUT2D eigenvalue weighted by Gasteiger charge is -2.22. The molecule has 1 heterocycles. The monoisotopic (exact) mass is 380 g/mol. The molecule has 0 bridgehead atoms. The molecule has 1 atom stereocenters. The van der Waals surface area contributed by atoms with Crippen molar-refractivity contribution in [3.8, 4) is 0 Å². The van der Waals surface area contributed by atoms with Gasteiger partial charge in [0, 0.05) is 13.0 Å². The quantitative estimate of drug-likeness (QED) is 0.710. The number of rotatable bonds is 6. The molecule has 1 fully saturated rings. The Bertz CT molecular complexity index is 549. The van der Waals surface area contributed by atoms with Crippen molar-refractivity contribution >= 4 is 18.3 Å². The molecule has 1 aromatic rings. The first-order valence-corrected chi connectivity index (χ1v) is 8.19. The minimum Gasteiger partial charge on any atom is -0.387 e. The van der Waals surface area contributed by atoms with Crippen LogP contribution in [0, 0.1) is 5.92 Å². The van der Waals surface area contributed by atoms with E-state index in [2.05, 4.69) is 10.6 Å². The number of hydrogen-bond donors (Lipinski definition) is 3. The van der Waals surface area contributed by atoms with Gasteiger partial charge in [-0.25, -0.2) is 0 Å². The highest BCUT2D eigenvalue weighted by molar-refractivity contribution is 5.85. The minimum absolute atomic E-state index is 0. The maximum atomic E-state index is 12.7. The van der Waals surface area contributed by atoms with E-state index in [1.807, 2.05) is 0 Å². The molecular weight excluding hydrogens is 357 g/mol. The van der Waals surface area contributed by atoms with Crippen LogP contribution in [0.3, 0.4) is 0 Å². The van der Waals surface area contributed by atoms with Crippen molar-refractivity contribution in [1.29, 1.82) is 0 Å². The normalized spacial score (nSPS) is 16.8. The number of hydrogen-bond acceptors (Lipinski definition) is 3. The molecule has 1 aliphatic heterocycles. The average Bonchev–Trinajstić information content (AvgIpc) is 2.58. The fourth-order valence-electron chi connectivity index (χ4n) is 2.84. The molecule has 1 aliphatic rings. The van der Waals surface area contributed by atoms with Gasteiger partial charge in [-0.2, -0.15) is 13.2 Å². The fourth-order valence-corrected chi connectivity index (χ4v) is 2.84. The number of alkyl halides is 3. The summed E-state index contributed by atoms with van der Waals surface area (Å²) in [5.74, 6) is 0.352. The van der Waals surface area contributed by atoms with Crippen molar-refractivity contribution in [1.82, 2.24) is 10.6 Å². The maximum Gasteiger partial charge on any atom is 0.416 e. The Morgan fingerprint density at radius 2 is 2.00 bits per heavy atom. The van der Waals surface area contributed by atoms with E-state index >= 15 is 0 Å². The number of piperidine rings is 1. The number of aliphatic hydroxyl groups is 1. The summed E-state index contributed by atoms with van der Waals surface area (Å²) in [5, 5.41) is 15.8. The Hall–Kier alpha value is -1.31. The smallest absolute Gasteiger partial charge is 0.387 e. The van der Waals surface area contributed by atoms with Gasteiger partial charge < -0.3 is 15.7 Å². The molecule has 1 amide bonds. The van der Waals surface area contributed by atoms with E-state index in [1.165, 1.54) is 12.1 Å². The zero-order valence-electron chi connectivity index (χ0n) is 13.8. The van der Waals surface area contributed by atoms with E-state index < -0.39 is 17.8 Å². The Morgan fingerprint density at radius 3 is 2.64 bits per heavy atom. The third kappa shape index (κ3) is 7.22. The Balaban J connectivity index is 0.00000312. The lowest BCUT2D eigenvalue weighted by molar-refractivity contribution is -0.137. The zero-order chi connectivity index (χ0) is 17.6. The number of amides is 1. The van der Waals surface area contributed by atoms with Crippen LogP contribution in [-0.4, -0.2) is 30.6 Å². The van der Waals surface area contributed by atoms with E-state index in [4.69, 9.17) is 0 Å². The second-order valence-corrected chi connectivity index (χ2v) is 6.18. The highest BCUT2D eigenvalue weighted by Crippen LogP contribution is 2.30. The van der Waals surface area contributed by atoms with Crippen molar-refractivity contribution in [2.45, 2.75) is 38.0 Å². The number of aliphatic hydroxyl groups excluding tert-OH is 1. The molecule has 4 nitrogen and oxygen atoms in total. The first-order valence-electron chi connectivity index (χ1n) is 8.19. The summed E-state index contributed by atoms with van der Waals surface area (Å²) in [6, 6.07) is 4.53. The van der Waals surface area contributed by atoms with Gasteiger partial charge in [-0.15, -0.1) is 12.4 Å². The SMILES string of the molecule is Cl.O=C(CCC1CCNCC1)NCC(O)c1cccc(C(F)(F)F)c1. The molecule has 0 saturated carbocycles. The first kappa shape index (κ1) is 21.7. The van der Waals surface area contributed by atoms with Crippen LogP contribution >= 0.6 is 12.4 Å². The van der Waals surface area contributed by atoms with Crippen LogP contribution in [0.15, 0.2) is 24.3 Å². The summed E-state index contributed by atoms with van der Waals surface area (Å²) in [6.07, 6.45) is -2.32. The van der Waals surface area contributed by atoms with Crippen LogP contribution in [0.5, 0.6) is 0 Å². The molecular formula is C17H24ClF3N2O2. The lowest BCUT2D eigenvalue weighted by atomic mass is 9.93. The van der Waals surface area contributed by atoms with Crippen LogP contribution < -0.4 is 10.6 Å². The van der Waals surface area contributed by atoms with Gasteiger partial charge in [0.1, 0.15) is 0 Å². The van der Waals surface area contributed by atoms with E-state index in [1.54, 1.807) is 0 Å². The zero-order valence-corrected chi connectivity index (χ0v) is 14.6. The second-order valence-electron chi connectivity index (χ2n) is 6.18. The molecule has 8 heteroatoms. The van der Waals surface area contributed by atoms with Gasteiger partial charge in [0.2, 0.25) is 5.91 Å². The predicted molar refractivity (Wildman–Crippen MR) is 91.5 cm³/mol. The van der Waals surface area contributed by atoms with Crippen LogP contribution in [0.2, 0.25) is 0 Å².